The smallest absolute Gasteiger partial charge is 0.306 e. The zero-order chi connectivity index (χ0) is 9.26. The molecule has 1 saturated carbocycles. The summed E-state index contributed by atoms with van der Waals surface area (Å²) in [6.45, 7) is 0.887. The highest BCUT2D eigenvalue weighted by Gasteiger charge is 2.38. The number of hydrogen-bond acceptors (Lipinski definition) is 2. The fourth-order valence-corrected chi connectivity index (χ4v) is 2.84. The van der Waals surface area contributed by atoms with Crippen LogP contribution in [0.3, 0.4) is 0 Å². The summed E-state index contributed by atoms with van der Waals surface area (Å²) in [6.07, 6.45) is 5.58. The van der Waals surface area contributed by atoms with E-state index in [0.29, 0.717) is 12.0 Å². The molecule has 2 fully saturated rings. The second-order valence-corrected chi connectivity index (χ2v) is 4.24. The first kappa shape index (κ1) is 9.00. The van der Waals surface area contributed by atoms with Crippen molar-refractivity contribution in [3.63, 3.8) is 0 Å². The van der Waals surface area contributed by atoms with Gasteiger partial charge in [-0.15, -0.1) is 0 Å². The molecule has 74 valence electrons. The van der Waals surface area contributed by atoms with Crippen LogP contribution in [0.1, 0.15) is 32.1 Å². The van der Waals surface area contributed by atoms with E-state index in [0.717, 1.165) is 19.4 Å². The number of nitrogens with one attached hydrogen (secondary N) is 1. The lowest BCUT2D eigenvalue weighted by atomic mass is 9.73. The number of hydrogen-bond donors (Lipinski definition) is 2. The van der Waals surface area contributed by atoms with Crippen LogP contribution < -0.4 is 5.32 Å². The van der Waals surface area contributed by atoms with Crippen LogP contribution >= 0.6 is 0 Å². The van der Waals surface area contributed by atoms with Gasteiger partial charge in [0.25, 0.3) is 0 Å². The lowest BCUT2D eigenvalue weighted by molar-refractivity contribution is -0.145. The van der Waals surface area contributed by atoms with E-state index in [9.17, 15) is 4.79 Å². The molecule has 0 unspecified atom stereocenters. The van der Waals surface area contributed by atoms with Crippen molar-refractivity contribution < 1.29 is 9.90 Å². The fraction of sp³-hybridized carbons (Fsp3) is 0.900. The van der Waals surface area contributed by atoms with E-state index in [1.54, 1.807) is 0 Å². The third-order valence-electron chi connectivity index (χ3n) is 3.52. The molecule has 2 aliphatic rings. The van der Waals surface area contributed by atoms with E-state index in [4.69, 9.17) is 5.11 Å². The number of carboxylic acid groups (broad SMARTS) is 1. The summed E-state index contributed by atoms with van der Waals surface area (Å²) in [4.78, 5) is 11.0. The molecule has 1 heterocycles. The van der Waals surface area contributed by atoms with Crippen LogP contribution in [-0.2, 0) is 4.79 Å². The molecule has 1 aliphatic carbocycles. The Morgan fingerprint density at radius 1 is 1.23 bits per heavy atom. The van der Waals surface area contributed by atoms with Crippen molar-refractivity contribution >= 4 is 5.97 Å². The van der Waals surface area contributed by atoms with Crippen molar-refractivity contribution in [1.82, 2.24) is 5.32 Å². The van der Waals surface area contributed by atoms with Crippen molar-refractivity contribution in [2.24, 2.45) is 11.8 Å². The molecule has 1 aliphatic heterocycles. The third-order valence-corrected chi connectivity index (χ3v) is 3.52. The fourth-order valence-electron chi connectivity index (χ4n) is 2.84. The number of piperidine rings is 1. The largest absolute Gasteiger partial charge is 0.481 e. The Kier molecular flexibility index (Phi) is 2.54. The van der Waals surface area contributed by atoms with Gasteiger partial charge < -0.3 is 10.4 Å². The predicted molar refractivity (Wildman–Crippen MR) is 49.5 cm³/mol. The SMILES string of the molecule is O=C(O)[C@@H]1CCN[C@H]2CCCC[C@@H]21. The maximum atomic E-state index is 11.0. The van der Waals surface area contributed by atoms with Gasteiger partial charge >= 0.3 is 5.97 Å². The summed E-state index contributed by atoms with van der Waals surface area (Å²) in [7, 11) is 0. The lowest BCUT2D eigenvalue weighted by Gasteiger charge is -2.40. The van der Waals surface area contributed by atoms with E-state index < -0.39 is 5.97 Å². The first-order chi connectivity index (χ1) is 6.29. The molecule has 3 atom stereocenters. The molecule has 3 nitrogen and oxygen atoms in total. The summed E-state index contributed by atoms with van der Waals surface area (Å²) < 4.78 is 0. The molecule has 0 amide bonds. The minimum absolute atomic E-state index is 0.0773. The van der Waals surface area contributed by atoms with Gasteiger partial charge in [-0.25, -0.2) is 0 Å². The summed E-state index contributed by atoms with van der Waals surface area (Å²) in [5.74, 6) is -0.259. The first-order valence-corrected chi connectivity index (χ1v) is 5.25. The average Bonchev–Trinajstić information content (AvgIpc) is 2.17. The zero-order valence-electron chi connectivity index (χ0n) is 7.83. The van der Waals surface area contributed by atoms with E-state index in [1.165, 1.54) is 19.3 Å². The Balaban J connectivity index is 2.06. The Morgan fingerprint density at radius 2 is 2.00 bits per heavy atom. The third kappa shape index (κ3) is 1.70. The number of fused-ring (bicyclic) bond motifs is 1. The van der Waals surface area contributed by atoms with E-state index in [2.05, 4.69) is 5.32 Å². The monoisotopic (exact) mass is 183 g/mol. The highest BCUT2D eigenvalue weighted by molar-refractivity contribution is 5.70. The number of aliphatic carboxylic acids is 1. The van der Waals surface area contributed by atoms with E-state index in [-0.39, 0.29) is 5.92 Å². The number of carboxylic acids is 1. The molecule has 3 heteroatoms. The van der Waals surface area contributed by atoms with Crippen molar-refractivity contribution in [3.05, 3.63) is 0 Å². The highest BCUT2D eigenvalue weighted by atomic mass is 16.4. The van der Waals surface area contributed by atoms with Crippen LogP contribution in [0.5, 0.6) is 0 Å². The standard InChI is InChI=1S/C10H17NO2/c12-10(13)8-5-6-11-9-4-2-1-3-7(8)9/h7-9,11H,1-6H2,(H,12,13)/t7-,8-,9+/m1/s1. The quantitative estimate of drug-likeness (QED) is 0.643. The Morgan fingerprint density at radius 3 is 2.77 bits per heavy atom. The first-order valence-electron chi connectivity index (χ1n) is 5.25. The van der Waals surface area contributed by atoms with E-state index in [1.807, 2.05) is 0 Å². The summed E-state index contributed by atoms with van der Waals surface area (Å²) in [5.41, 5.74) is 0. The van der Waals surface area contributed by atoms with Gasteiger partial charge in [0.05, 0.1) is 5.92 Å². The van der Waals surface area contributed by atoms with Gasteiger partial charge in [-0.3, -0.25) is 4.79 Å². The topological polar surface area (TPSA) is 49.3 Å². The van der Waals surface area contributed by atoms with Gasteiger partial charge in [-0.1, -0.05) is 12.8 Å². The van der Waals surface area contributed by atoms with Crippen LogP contribution in [0.15, 0.2) is 0 Å². The summed E-state index contributed by atoms with van der Waals surface area (Å²) >= 11 is 0. The highest BCUT2D eigenvalue weighted by Crippen LogP contribution is 2.34. The van der Waals surface area contributed by atoms with Gasteiger partial charge in [0.2, 0.25) is 0 Å². The van der Waals surface area contributed by atoms with Crippen molar-refractivity contribution in [2.75, 3.05) is 6.54 Å². The molecule has 2 N–H and O–H groups in total. The Hall–Kier alpha value is -0.570. The molecule has 2 rings (SSSR count). The number of carbonyl (C=O) groups is 1. The van der Waals surface area contributed by atoms with E-state index >= 15 is 0 Å². The van der Waals surface area contributed by atoms with Gasteiger partial charge in [-0.2, -0.15) is 0 Å². The zero-order valence-corrected chi connectivity index (χ0v) is 7.83. The molecule has 0 aromatic rings. The van der Waals surface area contributed by atoms with Crippen LogP contribution in [0.25, 0.3) is 0 Å². The molecule has 0 bridgehead atoms. The van der Waals surface area contributed by atoms with Crippen molar-refractivity contribution in [3.8, 4) is 0 Å². The minimum Gasteiger partial charge on any atom is -0.481 e. The normalized spacial score (nSPS) is 39.5. The van der Waals surface area contributed by atoms with Gasteiger partial charge in [0.1, 0.15) is 0 Å². The summed E-state index contributed by atoms with van der Waals surface area (Å²) in [5, 5.41) is 12.5. The molecule has 0 aromatic heterocycles. The lowest BCUT2D eigenvalue weighted by Crippen LogP contribution is -2.49. The molecule has 13 heavy (non-hydrogen) atoms. The van der Waals surface area contributed by atoms with Crippen molar-refractivity contribution in [2.45, 2.75) is 38.1 Å². The Labute approximate surface area is 78.5 Å². The van der Waals surface area contributed by atoms with Crippen LogP contribution in [0, 0.1) is 11.8 Å². The van der Waals surface area contributed by atoms with Crippen LogP contribution in [-0.4, -0.2) is 23.7 Å². The second-order valence-electron chi connectivity index (χ2n) is 4.24. The van der Waals surface area contributed by atoms with Crippen LogP contribution in [0.2, 0.25) is 0 Å². The number of rotatable bonds is 1. The molecule has 0 spiro atoms. The van der Waals surface area contributed by atoms with Gasteiger partial charge in [0, 0.05) is 6.04 Å². The second kappa shape index (κ2) is 3.66. The summed E-state index contributed by atoms with van der Waals surface area (Å²) in [6, 6.07) is 0.489. The molecular weight excluding hydrogens is 166 g/mol. The Bertz CT molecular complexity index is 203. The van der Waals surface area contributed by atoms with Crippen LogP contribution in [0.4, 0.5) is 0 Å². The predicted octanol–water partition coefficient (Wildman–Crippen LogP) is 1.24. The molecule has 0 radical (unpaired) electrons. The molecule has 1 saturated heterocycles. The minimum atomic E-state index is -0.585. The maximum absolute atomic E-state index is 11.0. The average molecular weight is 183 g/mol. The maximum Gasteiger partial charge on any atom is 0.306 e. The van der Waals surface area contributed by atoms with Gasteiger partial charge in [-0.05, 0) is 31.7 Å². The molecular formula is C10H17NO2. The molecule has 0 aromatic carbocycles. The van der Waals surface area contributed by atoms with Crippen molar-refractivity contribution in [1.29, 1.82) is 0 Å². The van der Waals surface area contributed by atoms with Gasteiger partial charge in [0.15, 0.2) is 0 Å².